The number of H-pyrrole nitrogens is 1. The van der Waals surface area contributed by atoms with Gasteiger partial charge in [-0.25, -0.2) is 9.78 Å². The first kappa shape index (κ1) is 11.1. The third-order valence-corrected chi connectivity index (χ3v) is 2.49. The zero-order chi connectivity index (χ0) is 12.4. The second-order valence-corrected chi connectivity index (χ2v) is 3.57. The summed E-state index contributed by atoms with van der Waals surface area (Å²) in [5.41, 5.74) is 2.04. The minimum absolute atomic E-state index is 0.300. The number of carbonyl (C=O) groups is 1. The number of carbonyl (C=O) groups excluding carboxylic acids is 1. The zero-order valence-corrected chi connectivity index (χ0v) is 9.57. The fourth-order valence-electron chi connectivity index (χ4n) is 1.74. The molecule has 0 unspecified atom stereocenters. The summed E-state index contributed by atoms with van der Waals surface area (Å²) < 4.78 is 5.00. The van der Waals surface area contributed by atoms with Gasteiger partial charge in [-0.3, -0.25) is 0 Å². The molecule has 0 saturated heterocycles. The van der Waals surface area contributed by atoms with Crippen molar-refractivity contribution in [2.45, 2.75) is 13.8 Å². The predicted molar refractivity (Wildman–Crippen MR) is 61.5 cm³/mol. The Morgan fingerprint density at radius 1 is 1.65 bits per heavy atom. The van der Waals surface area contributed by atoms with Crippen LogP contribution in [0.5, 0.6) is 0 Å². The molecule has 2 heterocycles. The van der Waals surface area contributed by atoms with Crippen LogP contribution in [0.4, 0.5) is 0 Å². The topological polar surface area (TPSA) is 78.8 Å². The van der Waals surface area contributed by atoms with Crippen molar-refractivity contribution in [2.24, 2.45) is 0 Å². The molecule has 0 bridgehead atoms. The Kier molecular flexibility index (Phi) is 2.79. The molecule has 0 atom stereocenters. The minimum atomic E-state index is -0.423. The van der Waals surface area contributed by atoms with E-state index >= 15 is 0 Å². The Hall–Kier alpha value is -2.35. The largest absolute Gasteiger partial charge is 0.462 e. The zero-order valence-electron chi connectivity index (χ0n) is 9.57. The van der Waals surface area contributed by atoms with Crippen molar-refractivity contribution in [3.05, 3.63) is 29.1 Å². The van der Waals surface area contributed by atoms with E-state index in [2.05, 4.69) is 9.97 Å². The fourth-order valence-corrected chi connectivity index (χ4v) is 1.74. The molecule has 0 aliphatic heterocycles. The van der Waals surface area contributed by atoms with Crippen LogP contribution in [0, 0.1) is 18.3 Å². The molecule has 1 N–H and O–H groups in total. The van der Waals surface area contributed by atoms with E-state index in [4.69, 9.17) is 10.00 Å². The SMILES string of the molecule is CCOC(=O)c1c(C)cnc2[nH]cc(C#N)c12. The standard InChI is InChI=1S/C12H11N3O2/c1-3-17-12(16)9-7(2)5-14-11-10(9)8(4-13)6-15-11/h5-6H,3H2,1-2H3,(H,14,15). The number of nitrogens with one attached hydrogen (secondary N) is 1. The Bertz CT molecular complexity index is 622. The Labute approximate surface area is 98.0 Å². The van der Waals surface area contributed by atoms with E-state index in [-0.39, 0.29) is 0 Å². The van der Waals surface area contributed by atoms with Crippen LogP contribution >= 0.6 is 0 Å². The van der Waals surface area contributed by atoms with Crippen LogP contribution in [0.2, 0.25) is 0 Å². The molecule has 0 spiro atoms. The molecule has 0 radical (unpaired) electrons. The molecule has 17 heavy (non-hydrogen) atoms. The van der Waals surface area contributed by atoms with E-state index in [0.29, 0.717) is 34.3 Å². The van der Waals surface area contributed by atoms with Crippen molar-refractivity contribution < 1.29 is 9.53 Å². The van der Waals surface area contributed by atoms with Gasteiger partial charge in [-0.2, -0.15) is 5.26 Å². The normalized spacial score (nSPS) is 10.2. The molecule has 2 aromatic heterocycles. The van der Waals surface area contributed by atoms with Crippen molar-refractivity contribution in [1.29, 1.82) is 5.26 Å². The van der Waals surface area contributed by atoms with Crippen LogP contribution in [0.25, 0.3) is 11.0 Å². The summed E-state index contributed by atoms with van der Waals surface area (Å²) in [4.78, 5) is 18.9. The maximum Gasteiger partial charge on any atom is 0.339 e. The number of esters is 1. The molecule has 86 valence electrons. The Morgan fingerprint density at radius 2 is 2.41 bits per heavy atom. The molecule has 5 heteroatoms. The summed E-state index contributed by atoms with van der Waals surface area (Å²) in [6.45, 7) is 3.81. The van der Waals surface area contributed by atoms with Crippen LogP contribution in [0.3, 0.4) is 0 Å². The van der Waals surface area contributed by atoms with Gasteiger partial charge in [0.15, 0.2) is 0 Å². The minimum Gasteiger partial charge on any atom is -0.462 e. The molecule has 0 aliphatic carbocycles. The van der Waals surface area contributed by atoms with Crippen LogP contribution in [0.1, 0.15) is 28.4 Å². The Balaban J connectivity index is 2.75. The number of nitrogens with zero attached hydrogens (tertiary/aromatic N) is 2. The van der Waals surface area contributed by atoms with Crippen LogP contribution in [-0.4, -0.2) is 22.5 Å². The molecule has 0 aliphatic rings. The molecule has 0 fully saturated rings. The average molecular weight is 229 g/mol. The van der Waals surface area contributed by atoms with Crippen molar-refractivity contribution >= 4 is 17.0 Å². The van der Waals surface area contributed by atoms with Gasteiger partial charge in [0.25, 0.3) is 0 Å². The predicted octanol–water partition coefficient (Wildman–Crippen LogP) is 1.92. The van der Waals surface area contributed by atoms with Crippen LogP contribution in [-0.2, 0) is 4.74 Å². The molecule has 2 aromatic rings. The number of hydrogen-bond donors (Lipinski definition) is 1. The molecular formula is C12H11N3O2. The first-order valence-corrected chi connectivity index (χ1v) is 5.23. The summed E-state index contributed by atoms with van der Waals surface area (Å²) >= 11 is 0. The second-order valence-electron chi connectivity index (χ2n) is 3.57. The van der Waals surface area contributed by atoms with Gasteiger partial charge < -0.3 is 9.72 Å². The number of ether oxygens (including phenoxy) is 1. The molecule has 0 aromatic carbocycles. The number of pyridine rings is 1. The molecule has 0 saturated carbocycles. The van der Waals surface area contributed by atoms with Crippen molar-refractivity contribution in [2.75, 3.05) is 6.61 Å². The van der Waals surface area contributed by atoms with Crippen LogP contribution in [0.15, 0.2) is 12.4 Å². The van der Waals surface area contributed by atoms with Crippen molar-refractivity contribution in [3.8, 4) is 6.07 Å². The summed E-state index contributed by atoms with van der Waals surface area (Å²) in [7, 11) is 0. The van der Waals surface area contributed by atoms with E-state index in [1.54, 1.807) is 26.2 Å². The lowest BCUT2D eigenvalue weighted by atomic mass is 10.1. The van der Waals surface area contributed by atoms with E-state index in [1.165, 1.54) is 0 Å². The van der Waals surface area contributed by atoms with Gasteiger partial charge in [-0.15, -0.1) is 0 Å². The van der Waals surface area contributed by atoms with Gasteiger partial charge in [0.2, 0.25) is 0 Å². The molecule has 5 nitrogen and oxygen atoms in total. The van der Waals surface area contributed by atoms with E-state index in [1.807, 2.05) is 6.07 Å². The lowest BCUT2D eigenvalue weighted by Gasteiger charge is -2.06. The number of rotatable bonds is 2. The summed E-state index contributed by atoms with van der Waals surface area (Å²) in [5, 5.41) is 9.53. The first-order valence-electron chi connectivity index (χ1n) is 5.23. The van der Waals surface area contributed by atoms with Gasteiger partial charge >= 0.3 is 5.97 Å². The van der Waals surface area contributed by atoms with Crippen LogP contribution < -0.4 is 0 Å². The highest BCUT2D eigenvalue weighted by Crippen LogP contribution is 2.23. The maximum absolute atomic E-state index is 11.9. The lowest BCUT2D eigenvalue weighted by Crippen LogP contribution is -2.08. The lowest BCUT2D eigenvalue weighted by molar-refractivity contribution is 0.0528. The number of aromatic amines is 1. The highest BCUT2D eigenvalue weighted by atomic mass is 16.5. The molecular weight excluding hydrogens is 218 g/mol. The summed E-state index contributed by atoms with van der Waals surface area (Å²) in [6, 6.07) is 2.04. The van der Waals surface area contributed by atoms with Gasteiger partial charge in [0.05, 0.1) is 23.1 Å². The molecule has 0 amide bonds. The second kappa shape index (κ2) is 4.26. The summed E-state index contributed by atoms with van der Waals surface area (Å²) in [6.07, 6.45) is 3.13. The number of hydrogen-bond acceptors (Lipinski definition) is 4. The number of aromatic nitrogens is 2. The van der Waals surface area contributed by atoms with Crippen molar-refractivity contribution in [3.63, 3.8) is 0 Å². The fraction of sp³-hybridized carbons (Fsp3) is 0.250. The van der Waals surface area contributed by atoms with Gasteiger partial charge in [0, 0.05) is 12.4 Å². The number of fused-ring (bicyclic) bond motifs is 1. The molecule has 2 rings (SSSR count). The summed E-state index contributed by atoms with van der Waals surface area (Å²) in [5.74, 6) is -0.423. The van der Waals surface area contributed by atoms with E-state index in [0.717, 1.165) is 0 Å². The highest BCUT2D eigenvalue weighted by molar-refractivity contribution is 6.06. The third-order valence-electron chi connectivity index (χ3n) is 2.49. The number of nitriles is 1. The van der Waals surface area contributed by atoms with Gasteiger partial charge in [0.1, 0.15) is 11.7 Å². The van der Waals surface area contributed by atoms with Gasteiger partial charge in [-0.1, -0.05) is 0 Å². The number of aryl methyl sites for hydroxylation is 1. The van der Waals surface area contributed by atoms with E-state index < -0.39 is 5.97 Å². The van der Waals surface area contributed by atoms with E-state index in [9.17, 15) is 4.79 Å². The first-order chi connectivity index (χ1) is 8.19. The monoisotopic (exact) mass is 229 g/mol. The highest BCUT2D eigenvalue weighted by Gasteiger charge is 2.19. The van der Waals surface area contributed by atoms with Crippen molar-refractivity contribution in [1.82, 2.24) is 9.97 Å². The van der Waals surface area contributed by atoms with Gasteiger partial charge in [-0.05, 0) is 19.4 Å². The average Bonchev–Trinajstić information content (AvgIpc) is 2.72. The maximum atomic E-state index is 11.9. The smallest absolute Gasteiger partial charge is 0.339 e. The third kappa shape index (κ3) is 1.74. The Morgan fingerprint density at radius 3 is 3.06 bits per heavy atom. The quantitative estimate of drug-likeness (QED) is 0.798.